The second-order valence-corrected chi connectivity index (χ2v) is 6.20. The third kappa shape index (κ3) is 16.9. The summed E-state index contributed by atoms with van der Waals surface area (Å²) in [7, 11) is 0. The van der Waals surface area contributed by atoms with Gasteiger partial charge in [-0.2, -0.15) is 0 Å². The Morgan fingerprint density at radius 3 is 1.81 bits per heavy atom. The smallest absolute Gasteiger partial charge is 0.328 e. The van der Waals surface area contributed by atoms with Crippen LogP contribution in [0.1, 0.15) is 58.3 Å². The maximum atomic E-state index is 10.2. The summed E-state index contributed by atoms with van der Waals surface area (Å²) >= 11 is 0. The average molecular weight is 363 g/mol. The third-order valence-corrected chi connectivity index (χ3v) is 3.82. The highest BCUT2D eigenvalue weighted by Crippen LogP contribution is 2.12. The molecule has 0 aromatic carbocycles. The van der Waals surface area contributed by atoms with Gasteiger partial charge in [0.25, 0.3) is 0 Å². The largest absolute Gasteiger partial charge is 0.478 e. The number of hydrogen-bond donors (Lipinski definition) is 3. The molecule has 0 fully saturated rings. The number of aliphatic hydroxyl groups is 2. The van der Waals surface area contributed by atoms with Crippen LogP contribution in [0.3, 0.4) is 0 Å². The van der Waals surface area contributed by atoms with E-state index < -0.39 is 18.2 Å². The first-order chi connectivity index (χ1) is 12.6. The minimum absolute atomic E-state index is 0.583. The Morgan fingerprint density at radius 1 is 0.769 bits per heavy atom. The Hall–Kier alpha value is -1.91. The van der Waals surface area contributed by atoms with Crippen molar-refractivity contribution >= 4 is 5.97 Å². The first kappa shape index (κ1) is 24.1. The maximum absolute atomic E-state index is 10.2. The summed E-state index contributed by atoms with van der Waals surface area (Å²) in [4.78, 5) is 10.2. The van der Waals surface area contributed by atoms with Crippen molar-refractivity contribution in [3.05, 3.63) is 60.8 Å². The number of unbranched alkanes of at least 4 members (excludes halogenated alkanes) is 4. The fourth-order valence-electron chi connectivity index (χ4n) is 2.30. The Balaban J connectivity index is 3.70. The van der Waals surface area contributed by atoms with E-state index in [1.807, 2.05) is 30.4 Å². The fourth-order valence-corrected chi connectivity index (χ4v) is 2.30. The molecule has 4 nitrogen and oxygen atoms in total. The molecule has 0 saturated carbocycles. The molecule has 0 aromatic heterocycles. The van der Waals surface area contributed by atoms with Crippen molar-refractivity contribution < 1.29 is 20.1 Å². The molecule has 0 bridgehead atoms. The lowest BCUT2D eigenvalue weighted by Gasteiger charge is -2.17. The molecule has 0 aliphatic heterocycles. The monoisotopic (exact) mass is 362 g/mol. The highest BCUT2D eigenvalue weighted by Gasteiger charge is 2.14. The van der Waals surface area contributed by atoms with Gasteiger partial charge in [0.1, 0.15) is 0 Å². The highest BCUT2D eigenvalue weighted by atomic mass is 16.4. The Bertz CT molecular complexity index is 486. The van der Waals surface area contributed by atoms with Gasteiger partial charge in [-0.15, -0.1) is 0 Å². The van der Waals surface area contributed by atoms with Crippen LogP contribution in [-0.2, 0) is 4.79 Å². The number of rotatable bonds is 15. The quantitative estimate of drug-likeness (QED) is 0.224. The normalized spacial score (nSPS) is 15.2. The molecule has 0 aliphatic rings. The van der Waals surface area contributed by atoms with Gasteiger partial charge in [-0.3, -0.25) is 0 Å². The molecule has 0 aromatic rings. The molecular weight excluding hydrogens is 328 g/mol. The van der Waals surface area contributed by atoms with E-state index in [0.29, 0.717) is 12.8 Å². The number of allylic oxidation sites excluding steroid dienone is 9. The summed E-state index contributed by atoms with van der Waals surface area (Å²) in [6, 6.07) is 0. The van der Waals surface area contributed by atoms with Gasteiger partial charge in [-0.25, -0.2) is 4.79 Å². The van der Waals surface area contributed by atoms with Crippen LogP contribution in [0.4, 0.5) is 0 Å². The van der Waals surface area contributed by atoms with Crippen molar-refractivity contribution in [2.24, 2.45) is 0 Å². The maximum Gasteiger partial charge on any atom is 0.328 e. The average Bonchev–Trinajstić information content (AvgIpc) is 2.61. The minimum atomic E-state index is -0.957. The summed E-state index contributed by atoms with van der Waals surface area (Å²) in [5.74, 6) is -0.957. The first-order valence-electron chi connectivity index (χ1n) is 9.50. The summed E-state index contributed by atoms with van der Waals surface area (Å²) in [6.07, 6.45) is 23.8. The number of carbonyl (C=O) groups is 1. The van der Waals surface area contributed by atoms with Crippen LogP contribution in [0.15, 0.2) is 60.8 Å². The number of carboxylic acid groups (broad SMARTS) is 1. The predicted octanol–water partition coefficient (Wildman–Crippen LogP) is 4.71. The molecule has 0 heterocycles. The molecule has 0 radical (unpaired) electrons. The molecule has 26 heavy (non-hydrogen) atoms. The first-order valence-corrected chi connectivity index (χ1v) is 9.50. The summed E-state index contributed by atoms with van der Waals surface area (Å²) in [5.41, 5.74) is 0. The lowest BCUT2D eigenvalue weighted by atomic mass is 10.0. The summed E-state index contributed by atoms with van der Waals surface area (Å²) in [6.45, 7) is 2.13. The second-order valence-electron chi connectivity index (χ2n) is 6.20. The van der Waals surface area contributed by atoms with Gasteiger partial charge < -0.3 is 15.3 Å². The molecule has 0 rings (SSSR count). The molecule has 2 atom stereocenters. The van der Waals surface area contributed by atoms with Crippen molar-refractivity contribution in [2.45, 2.75) is 70.5 Å². The van der Waals surface area contributed by atoms with Gasteiger partial charge in [-0.1, -0.05) is 87.3 Å². The zero-order valence-corrected chi connectivity index (χ0v) is 15.8. The lowest BCUT2D eigenvalue weighted by Crippen LogP contribution is -2.25. The third-order valence-electron chi connectivity index (χ3n) is 3.82. The van der Waals surface area contributed by atoms with Crippen LogP contribution in [-0.4, -0.2) is 33.5 Å². The van der Waals surface area contributed by atoms with E-state index in [1.165, 1.54) is 6.08 Å². The molecule has 0 saturated heterocycles. The Morgan fingerprint density at radius 2 is 1.27 bits per heavy atom. The van der Waals surface area contributed by atoms with Crippen LogP contribution in [0.5, 0.6) is 0 Å². The molecule has 146 valence electrons. The zero-order valence-electron chi connectivity index (χ0n) is 15.8. The lowest BCUT2D eigenvalue weighted by molar-refractivity contribution is -0.131. The molecule has 4 heteroatoms. The van der Waals surface area contributed by atoms with Crippen LogP contribution in [0, 0.1) is 0 Å². The van der Waals surface area contributed by atoms with E-state index >= 15 is 0 Å². The van der Waals surface area contributed by atoms with Crippen molar-refractivity contribution in [3.8, 4) is 0 Å². The molecule has 0 amide bonds. The van der Waals surface area contributed by atoms with E-state index in [4.69, 9.17) is 5.11 Å². The molecule has 2 unspecified atom stereocenters. The number of carboxylic acids is 1. The van der Waals surface area contributed by atoms with E-state index in [1.54, 1.807) is 12.2 Å². The standard InChI is InChI=1S/C22H34O4/c1-2-3-14-17-20(23)21(24)18-15-12-10-8-6-4-5-7-9-11-13-16-19-22(25)26/h4-9,11,13,16,19-21,23-24H,2-3,10,12,14-15,17-18H2,1H3,(H,25,26)/b5-4+,8-6+,9-7+,13-11+,19-16+. The van der Waals surface area contributed by atoms with Crippen molar-refractivity contribution in [3.63, 3.8) is 0 Å². The van der Waals surface area contributed by atoms with Gasteiger partial charge in [-0.05, 0) is 25.7 Å². The van der Waals surface area contributed by atoms with Crippen LogP contribution >= 0.6 is 0 Å². The molecule has 0 aliphatic carbocycles. The van der Waals surface area contributed by atoms with Crippen LogP contribution in [0.2, 0.25) is 0 Å². The van der Waals surface area contributed by atoms with Gasteiger partial charge in [0, 0.05) is 6.08 Å². The minimum Gasteiger partial charge on any atom is -0.478 e. The predicted molar refractivity (Wildman–Crippen MR) is 108 cm³/mol. The number of aliphatic carboxylic acids is 1. The SMILES string of the molecule is CCCCCC(O)C(O)CCCC/C=C/C=C/C=C/C=C/C=C/C(=O)O. The van der Waals surface area contributed by atoms with E-state index in [9.17, 15) is 15.0 Å². The highest BCUT2D eigenvalue weighted by molar-refractivity contribution is 5.80. The van der Waals surface area contributed by atoms with E-state index in [-0.39, 0.29) is 0 Å². The summed E-state index contributed by atoms with van der Waals surface area (Å²) in [5, 5.41) is 28.1. The van der Waals surface area contributed by atoms with E-state index in [2.05, 4.69) is 13.0 Å². The second kappa shape index (κ2) is 17.9. The molecule has 3 N–H and O–H groups in total. The van der Waals surface area contributed by atoms with Crippen molar-refractivity contribution in [1.82, 2.24) is 0 Å². The van der Waals surface area contributed by atoms with E-state index in [0.717, 1.165) is 44.6 Å². The number of hydrogen-bond acceptors (Lipinski definition) is 3. The van der Waals surface area contributed by atoms with Gasteiger partial charge in [0.15, 0.2) is 0 Å². The van der Waals surface area contributed by atoms with Crippen LogP contribution < -0.4 is 0 Å². The zero-order chi connectivity index (χ0) is 19.5. The van der Waals surface area contributed by atoms with Crippen molar-refractivity contribution in [1.29, 1.82) is 0 Å². The Labute approximate surface area is 157 Å². The fraction of sp³-hybridized carbons (Fsp3) is 0.500. The molecule has 0 spiro atoms. The van der Waals surface area contributed by atoms with Gasteiger partial charge in [0.05, 0.1) is 12.2 Å². The van der Waals surface area contributed by atoms with Crippen LogP contribution in [0.25, 0.3) is 0 Å². The van der Waals surface area contributed by atoms with Crippen molar-refractivity contribution in [2.75, 3.05) is 0 Å². The van der Waals surface area contributed by atoms with Gasteiger partial charge in [0.2, 0.25) is 0 Å². The number of aliphatic hydroxyl groups excluding tert-OH is 2. The molecular formula is C22H34O4. The van der Waals surface area contributed by atoms with Gasteiger partial charge >= 0.3 is 5.97 Å². The Kier molecular flexibility index (Phi) is 16.6. The summed E-state index contributed by atoms with van der Waals surface area (Å²) < 4.78 is 0. The topological polar surface area (TPSA) is 77.8 Å².